The monoisotopic (exact) mass is 237 g/mol. The fourth-order valence-corrected chi connectivity index (χ4v) is 2.65. The molecule has 0 spiro atoms. The van der Waals surface area contributed by atoms with Crippen LogP contribution in [-0.4, -0.2) is 12.3 Å². The van der Waals surface area contributed by atoms with Crippen LogP contribution in [0.5, 0.6) is 0 Å². The number of carbonyl (C=O) groups excluding carboxylic acids is 1. The van der Waals surface area contributed by atoms with E-state index in [-0.39, 0.29) is 0 Å². The van der Waals surface area contributed by atoms with Crippen molar-refractivity contribution in [2.75, 3.05) is 0 Å². The molecule has 2 aromatic rings. The normalized spacial score (nSPS) is 13.8. The molecule has 18 heavy (non-hydrogen) atoms. The molecule has 2 nitrogen and oxygen atoms in total. The van der Waals surface area contributed by atoms with E-state index < -0.39 is 6.04 Å². The summed E-state index contributed by atoms with van der Waals surface area (Å²) in [4.78, 5) is 10.6. The van der Waals surface area contributed by atoms with Gasteiger partial charge in [-0.1, -0.05) is 42.5 Å². The summed E-state index contributed by atoms with van der Waals surface area (Å²) < 4.78 is 0. The van der Waals surface area contributed by atoms with Gasteiger partial charge >= 0.3 is 0 Å². The van der Waals surface area contributed by atoms with Crippen molar-refractivity contribution in [1.82, 2.24) is 0 Å². The number of nitrogens with two attached hydrogens (primary N) is 1. The first-order valence-electron chi connectivity index (χ1n) is 6.19. The highest BCUT2D eigenvalue weighted by atomic mass is 16.1. The summed E-state index contributed by atoms with van der Waals surface area (Å²) in [5, 5.41) is 0. The highest BCUT2D eigenvalue weighted by Crippen LogP contribution is 2.36. The first kappa shape index (κ1) is 11.2. The summed E-state index contributed by atoms with van der Waals surface area (Å²) in [5.74, 6) is 0. The maximum Gasteiger partial charge on any atom is 0.137 e. The van der Waals surface area contributed by atoms with Gasteiger partial charge in [0, 0.05) is 0 Å². The number of rotatable bonds is 3. The summed E-state index contributed by atoms with van der Waals surface area (Å²) in [6.45, 7) is 0. The number of hydrogen-bond acceptors (Lipinski definition) is 2. The molecule has 0 saturated heterocycles. The van der Waals surface area contributed by atoms with E-state index in [1.165, 1.54) is 22.3 Å². The second-order valence-electron chi connectivity index (χ2n) is 4.83. The standard InChI is InChI=1S/C16H15NO/c17-14(10-18)8-11-5-6-16-13(7-11)9-12-3-1-2-4-15(12)16/h1-7,10,14H,8-9,17H2/t14-/m0/s1. The third-order valence-corrected chi connectivity index (χ3v) is 3.50. The molecule has 90 valence electrons. The summed E-state index contributed by atoms with van der Waals surface area (Å²) in [7, 11) is 0. The Morgan fingerprint density at radius 1 is 1.11 bits per heavy atom. The topological polar surface area (TPSA) is 43.1 Å². The SMILES string of the molecule is N[C@H](C=O)Cc1ccc2c(c1)Cc1ccccc1-2. The van der Waals surface area contributed by atoms with Crippen molar-refractivity contribution in [2.45, 2.75) is 18.9 Å². The molecule has 0 aliphatic heterocycles. The largest absolute Gasteiger partial charge is 0.321 e. The van der Waals surface area contributed by atoms with E-state index in [1.807, 2.05) is 0 Å². The lowest BCUT2D eigenvalue weighted by Crippen LogP contribution is -2.24. The minimum Gasteiger partial charge on any atom is -0.321 e. The Morgan fingerprint density at radius 3 is 2.72 bits per heavy atom. The van der Waals surface area contributed by atoms with Crippen molar-refractivity contribution in [3.8, 4) is 11.1 Å². The van der Waals surface area contributed by atoms with Gasteiger partial charge in [-0.3, -0.25) is 0 Å². The van der Waals surface area contributed by atoms with Gasteiger partial charge in [-0.15, -0.1) is 0 Å². The van der Waals surface area contributed by atoms with Gasteiger partial charge in [0.2, 0.25) is 0 Å². The predicted octanol–water partition coefficient (Wildman–Crippen LogP) is 2.33. The van der Waals surface area contributed by atoms with Crippen molar-refractivity contribution in [2.24, 2.45) is 5.73 Å². The Kier molecular flexibility index (Phi) is 2.73. The average Bonchev–Trinajstić information content (AvgIpc) is 2.76. The van der Waals surface area contributed by atoms with Crippen molar-refractivity contribution in [1.29, 1.82) is 0 Å². The lowest BCUT2D eigenvalue weighted by molar-refractivity contribution is -0.108. The average molecular weight is 237 g/mol. The Labute approximate surface area is 106 Å². The molecule has 0 aromatic heterocycles. The van der Waals surface area contributed by atoms with Crippen molar-refractivity contribution >= 4 is 6.29 Å². The number of fused-ring (bicyclic) bond motifs is 3. The molecule has 1 atom stereocenters. The number of aldehydes is 1. The molecule has 3 rings (SSSR count). The van der Waals surface area contributed by atoms with Gasteiger partial charge in [0.25, 0.3) is 0 Å². The summed E-state index contributed by atoms with van der Waals surface area (Å²) in [5.41, 5.74) is 12.2. The van der Waals surface area contributed by atoms with Crippen LogP contribution >= 0.6 is 0 Å². The zero-order valence-electron chi connectivity index (χ0n) is 10.1. The zero-order chi connectivity index (χ0) is 12.5. The molecule has 0 amide bonds. The predicted molar refractivity (Wildman–Crippen MR) is 72.4 cm³/mol. The molecule has 1 aliphatic rings. The maximum absolute atomic E-state index is 10.6. The fourth-order valence-electron chi connectivity index (χ4n) is 2.65. The molecule has 2 aromatic carbocycles. The number of benzene rings is 2. The first-order chi connectivity index (χ1) is 8.78. The third-order valence-electron chi connectivity index (χ3n) is 3.50. The zero-order valence-corrected chi connectivity index (χ0v) is 10.1. The smallest absolute Gasteiger partial charge is 0.137 e. The van der Waals surface area contributed by atoms with E-state index in [0.717, 1.165) is 18.3 Å². The van der Waals surface area contributed by atoms with Gasteiger partial charge in [-0.2, -0.15) is 0 Å². The second kappa shape index (κ2) is 4.39. The van der Waals surface area contributed by atoms with E-state index in [1.54, 1.807) is 0 Å². The minimum atomic E-state index is -0.396. The maximum atomic E-state index is 10.6. The first-order valence-corrected chi connectivity index (χ1v) is 6.19. The van der Waals surface area contributed by atoms with Gasteiger partial charge in [-0.25, -0.2) is 0 Å². The Bertz CT molecular complexity index is 604. The lowest BCUT2D eigenvalue weighted by Gasteiger charge is -2.07. The highest BCUT2D eigenvalue weighted by Gasteiger charge is 2.17. The molecule has 1 aliphatic carbocycles. The number of carbonyl (C=O) groups is 1. The second-order valence-corrected chi connectivity index (χ2v) is 4.83. The van der Waals surface area contributed by atoms with Crippen LogP contribution in [0.4, 0.5) is 0 Å². The van der Waals surface area contributed by atoms with Crippen LogP contribution in [0.25, 0.3) is 11.1 Å². The highest BCUT2D eigenvalue weighted by molar-refractivity contribution is 5.77. The minimum absolute atomic E-state index is 0.396. The Balaban J connectivity index is 1.96. The van der Waals surface area contributed by atoms with Crippen LogP contribution in [0, 0.1) is 0 Å². The van der Waals surface area contributed by atoms with Gasteiger partial charge in [0.05, 0.1) is 6.04 Å². The van der Waals surface area contributed by atoms with E-state index in [4.69, 9.17) is 5.73 Å². The van der Waals surface area contributed by atoms with Gasteiger partial charge < -0.3 is 10.5 Å². The van der Waals surface area contributed by atoms with E-state index in [0.29, 0.717) is 6.42 Å². The van der Waals surface area contributed by atoms with Crippen LogP contribution in [0.1, 0.15) is 16.7 Å². The number of hydrogen-bond donors (Lipinski definition) is 1. The van der Waals surface area contributed by atoms with E-state index >= 15 is 0 Å². The van der Waals surface area contributed by atoms with Gasteiger partial charge in [0.1, 0.15) is 6.29 Å². The summed E-state index contributed by atoms with van der Waals surface area (Å²) in [6, 6.07) is 14.5. The Hall–Kier alpha value is -1.93. The molecular formula is C16H15NO. The summed E-state index contributed by atoms with van der Waals surface area (Å²) >= 11 is 0. The molecule has 0 bridgehead atoms. The van der Waals surface area contributed by atoms with Gasteiger partial charge in [0.15, 0.2) is 0 Å². The van der Waals surface area contributed by atoms with Gasteiger partial charge in [-0.05, 0) is 40.7 Å². The molecule has 0 unspecified atom stereocenters. The quantitative estimate of drug-likeness (QED) is 0.710. The molecule has 0 radical (unpaired) electrons. The van der Waals surface area contributed by atoms with Crippen LogP contribution in [0.15, 0.2) is 42.5 Å². The molecule has 0 fully saturated rings. The molecule has 0 heterocycles. The lowest BCUT2D eigenvalue weighted by atomic mass is 10.0. The fraction of sp³-hybridized carbons (Fsp3) is 0.188. The van der Waals surface area contributed by atoms with Crippen LogP contribution in [-0.2, 0) is 17.6 Å². The van der Waals surface area contributed by atoms with Crippen LogP contribution in [0.3, 0.4) is 0 Å². The molecule has 0 saturated carbocycles. The van der Waals surface area contributed by atoms with Crippen LogP contribution in [0.2, 0.25) is 0 Å². The van der Waals surface area contributed by atoms with E-state index in [2.05, 4.69) is 42.5 Å². The molecule has 2 heteroatoms. The molecular weight excluding hydrogens is 222 g/mol. The third kappa shape index (κ3) is 1.85. The van der Waals surface area contributed by atoms with Crippen molar-refractivity contribution in [3.63, 3.8) is 0 Å². The Morgan fingerprint density at radius 2 is 1.89 bits per heavy atom. The van der Waals surface area contributed by atoms with Crippen LogP contribution < -0.4 is 5.73 Å². The van der Waals surface area contributed by atoms with Crippen molar-refractivity contribution in [3.05, 3.63) is 59.2 Å². The van der Waals surface area contributed by atoms with E-state index in [9.17, 15) is 4.79 Å². The molecule has 2 N–H and O–H groups in total. The summed E-state index contributed by atoms with van der Waals surface area (Å²) in [6.07, 6.45) is 2.41. The van der Waals surface area contributed by atoms with Crippen molar-refractivity contribution < 1.29 is 4.79 Å².